The van der Waals surface area contributed by atoms with Gasteiger partial charge in [-0.15, -0.1) is 12.3 Å². The molecule has 0 amide bonds. The van der Waals surface area contributed by atoms with E-state index in [4.69, 9.17) is 6.42 Å². The fraction of sp³-hybridized carbons (Fsp3) is 0.750. The second-order valence-electron chi connectivity index (χ2n) is 4.52. The molecule has 1 aliphatic rings. The van der Waals surface area contributed by atoms with E-state index < -0.39 is 0 Å². The normalized spacial score (nSPS) is 16.9. The van der Waals surface area contributed by atoms with E-state index in [9.17, 15) is 4.79 Å². The van der Waals surface area contributed by atoms with Crippen molar-refractivity contribution in [2.45, 2.75) is 39.2 Å². The highest BCUT2D eigenvalue weighted by atomic mass is 16.5. The average Bonchev–Trinajstić information content (AvgIpc) is 2.18. The van der Waals surface area contributed by atoms with E-state index in [1.165, 1.54) is 0 Å². The predicted molar refractivity (Wildman–Crippen MR) is 61.3 cm³/mol. The summed E-state index contributed by atoms with van der Waals surface area (Å²) in [6.45, 7) is 8.13. The maximum Gasteiger partial charge on any atom is 0.293 e. The molecule has 3 heteroatoms. The Morgan fingerprint density at radius 3 is 2.13 bits per heavy atom. The van der Waals surface area contributed by atoms with Gasteiger partial charge >= 0.3 is 0 Å². The summed E-state index contributed by atoms with van der Waals surface area (Å²) in [6, 6.07) is 0. The van der Waals surface area contributed by atoms with Gasteiger partial charge in [-0.3, -0.25) is 4.79 Å². The van der Waals surface area contributed by atoms with Gasteiger partial charge in [-0.1, -0.05) is 0 Å². The minimum atomic E-state index is -0.318. The van der Waals surface area contributed by atoms with Crippen molar-refractivity contribution in [1.82, 2.24) is 5.32 Å². The Hall–Kier alpha value is -1.01. The number of carbonyl (C=O) groups excluding carboxylic acids is 1. The Balaban J connectivity index is 0.000000265. The van der Waals surface area contributed by atoms with Crippen LogP contribution in [-0.4, -0.2) is 25.2 Å². The van der Waals surface area contributed by atoms with Crippen molar-refractivity contribution >= 4 is 6.47 Å². The van der Waals surface area contributed by atoms with Crippen LogP contribution in [0.5, 0.6) is 0 Å². The lowest BCUT2D eigenvalue weighted by Gasteiger charge is -2.16. The lowest BCUT2D eigenvalue weighted by atomic mass is 10.00. The number of rotatable bonds is 1. The molecule has 1 aliphatic heterocycles. The molecule has 1 fully saturated rings. The Bertz CT molecular complexity index is 207. The monoisotopic (exact) mass is 211 g/mol. The summed E-state index contributed by atoms with van der Waals surface area (Å²) in [5, 5.41) is 3.25. The lowest BCUT2D eigenvalue weighted by Crippen LogP contribution is -2.26. The Labute approximate surface area is 92.6 Å². The van der Waals surface area contributed by atoms with Gasteiger partial charge in [0.15, 0.2) is 0 Å². The maximum absolute atomic E-state index is 9.60. The molecule has 0 saturated carbocycles. The Morgan fingerprint density at radius 2 is 1.93 bits per heavy atom. The van der Waals surface area contributed by atoms with Crippen LogP contribution in [0.3, 0.4) is 0 Å². The van der Waals surface area contributed by atoms with Gasteiger partial charge < -0.3 is 10.1 Å². The van der Waals surface area contributed by atoms with Crippen molar-refractivity contribution in [1.29, 1.82) is 0 Å². The predicted octanol–water partition coefficient (Wildman–Crippen LogP) is 1.58. The molecule has 0 aliphatic carbocycles. The van der Waals surface area contributed by atoms with Gasteiger partial charge in [0.05, 0.1) is 0 Å². The van der Waals surface area contributed by atoms with Crippen LogP contribution in [0.25, 0.3) is 0 Å². The molecule has 0 spiro atoms. The highest BCUT2D eigenvalue weighted by Crippen LogP contribution is 2.08. The maximum atomic E-state index is 9.60. The standard InChI is InChI=1S/C7H11N.C5H10O2/c1-2-7-3-5-8-6-4-7;1-5(2,3)7-4-6/h1,7-8H,3-6H2;4H,1-3H3. The largest absolute Gasteiger partial charge is 0.462 e. The second-order valence-corrected chi connectivity index (χ2v) is 4.52. The van der Waals surface area contributed by atoms with E-state index in [-0.39, 0.29) is 5.60 Å². The molecule has 1 N–H and O–H groups in total. The van der Waals surface area contributed by atoms with Crippen LogP contribution in [0.4, 0.5) is 0 Å². The molecule has 0 radical (unpaired) electrons. The Morgan fingerprint density at radius 1 is 1.40 bits per heavy atom. The first-order valence-electron chi connectivity index (χ1n) is 5.28. The summed E-state index contributed by atoms with van der Waals surface area (Å²) in [6.07, 6.45) is 7.55. The fourth-order valence-electron chi connectivity index (χ4n) is 1.13. The van der Waals surface area contributed by atoms with Crippen molar-refractivity contribution in [3.8, 4) is 12.3 Å². The van der Waals surface area contributed by atoms with Crippen LogP contribution in [-0.2, 0) is 9.53 Å². The number of ether oxygens (including phenoxy) is 1. The molecular weight excluding hydrogens is 190 g/mol. The molecule has 1 rings (SSSR count). The summed E-state index contributed by atoms with van der Waals surface area (Å²) >= 11 is 0. The number of carbonyl (C=O) groups is 1. The zero-order chi connectivity index (χ0) is 11.7. The molecule has 0 bridgehead atoms. The molecule has 3 nitrogen and oxygen atoms in total. The fourth-order valence-corrected chi connectivity index (χ4v) is 1.13. The Kier molecular flexibility index (Phi) is 6.81. The summed E-state index contributed by atoms with van der Waals surface area (Å²) in [7, 11) is 0. The zero-order valence-corrected chi connectivity index (χ0v) is 9.88. The third-order valence-electron chi connectivity index (χ3n) is 1.98. The molecule has 0 unspecified atom stereocenters. The van der Waals surface area contributed by atoms with Crippen molar-refractivity contribution in [2.75, 3.05) is 13.1 Å². The first kappa shape index (κ1) is 14.0. The number of piperidine rings is 1. The molecule has 86 valence electrons. The van der Waals surface area contributed by atoms with E-state index in [1.54, 1.807) is 0 Å². The highest BCUT2D eigenvalue weighted by Gasteiger charge is 2.08. The first-order valence-corrected chi connectivity index (χ1v) is 5.28. The minimum Gasteiger partial charge on any atom is -0.462 e. The molecule has 0 aromatic rings. The second kappa shape index (κ2) is 7.30. The van der Waals surface area contributed by atoms with Gasteiger partial charge in [-0.2, -0.15) is 0 Å². The number of hydrogen-bond acceptors (Lipinski definition) is 3. The van der Waals surface area contributed by atoms with E-state index in [0.29, 0.717) is 12.4 Å². The van der Waals surface area contributed by atoms with Gasteiger partial charge in [-0.05, 0) is 46.7 Å². The number of hydrogen-bond donors (Lipinski definition) is 1. The smallest absolute Gasteiger partial charge is 0.293 e. The molecule has 1 heterocycles. The lowest BCUT2D eigenvalue weighted by molar-refractivity contribution is -0.138. The van der Waals surface area contributed by atoms with Crippen LogP contribution in [0.2, 0.25) is 0 Å². The molecule has 15 heavy (non-hydrogen) atoms. The zero-order valence-electron chi connectivity index (χ0n) is 9.88. The minimum absolute atomic E-state index is 0.318. The first-order chi connectivity index (χ1) is 6.99. The van der Waals surface area contributed by atoms with E-state index >= 15 is 0 Å². The summed E-state index contributed by atoms with van der Waals surface area (Å²) in [5.41, 5.74) is -0.318. The van der Waals surface area contributed by atoms with Gasteiger partial charge in [0.2, 0.25) is 0 Å². The third kappa shape index (κ3) is 9.30. The van der Waals surface area contributed by atoms with E-state index in [2.05, 4.69) is 16.0 Å². The van der Waals surface area contributed by atoms with Crippen LogP contribution < -0.4 is 5.32 Å². The van der Waals surface area contributed by atoms with Crippen molar-refractivity contribution in [3.63, 3.8) is 0 Å². The van der Waals surface area contributed by atoms with Crippen molar-refractivity contribution in [3.05, 3.63) is 0 Å². The summed E-state index contributed by atoms with van der Waals surface area (Å²) in [4.78, 5) is 9.60. The van der Waals surface area contributed by atoms with E-state index in [1.807, 2.05) is 20.8 Å². The highest BCUT2D eigenvalue weighted by molar-refractivity contribution is 5.37. The van der Waals surface area contributed by atoms with Crippen LogP contribution in [0.15, 0.2) is 0 Å². The van der Waals surface area contributed by atoms with Crippen LogP contribution >= 0.6 is 0 Å². The quantitative estimate of drug-likeness (QED) is 0.528. The number of terminal acetylenes is 1. The molecular formula is C12H21NO2. The molecule has 0 aromatic carbocycles. The third-order valence-corrected chi connectivity index (χ3v) is 1.98. The van der Waals surface area contributed by atoms with Crippen LogP contribution in [0.1, 0.15) is 33.6 Å². The van der Waals surface area contributed by atoms with Gasteiger partial charge in [-0.25, -0.2) is 0 Å². The molecule has 0 aromatic heterocycles. The van der Waals surface area contributed by atoms with Crippen molar-refractivity contribution in [2.24, 2.45) is 5.92 Å². The molecule has 1 saturated heterocycles. The number of nitrogens with one attached hydrogen (secondary N) is 1. The summed E-state index contributed by atoms with van der Waals surface area (Å²) < 4.78 is 4.55. The average molecular weight is 211 g/mol. The van der Waals surface area contributed by atoms with Crippen LogP contribution in [0, 0.1) is 18.3 Å². The van der Waals surface area contributed by atoms with Crippen molar-refractivity contribution < 1.29 is 9.53 Å². The SMILES string of the molecule is C#CC1CCNCC1.CC(C)(C)OC=O. The van der Waals surface area contributed by atoms with E-state index in [0.717, 1.165) is 25.9 Å². The molecule has 0 atom stereocenters. The van der Waals surface area contributed by atoms with Gasteiger partial charge in [0, 0.05) is 5.92 Å². The summed E-state index contributed by atoms with van der Waals surface area (Å²) in [5.74, 6) is 3.32. The topological polar surface area (TPSA) is 38.3 Å². The van der Waals surface area contributed by atoms with Gasteiger partial charge in [0.1, 0.15) is 5.60 Å². The van der Waals surface area contributed by atoms with Gasteiger partial charge in [0.25, 0.3) is 6.47 Å².